The van der Waals surface area contributed by atoms with Gasteiger partial charge in [0.2, 0.25) is 0 Å². The minimum atomic E-state index is 0.661. The summed E-state index contributed by atoms with van der Waals surface area (Å²) in [4.78, 5) is 0. The first-order chi connectivity index (χ1) is 11.1. The number of aromatic nitrogens is 2. The van der Waals surface area contributed by atoms with E-state index in [1.807, 2.05) is 49.4 Å². The number of halogens is 1. The molecule has 3 rings (SSSR count). The van der Waals surface area contributed by atoms with Crippen molar-refractivity contribution in [3.8, 4) is 33.9 Å². The van der Waals surface area contributed by atoms with Crippen LogP contribution in [-0.4, -0.2) is 24.4 Å². The third kappa shape index (κ3) is 3.03. The number of methoxy groups -OCH3 is 2. The molecule has 0 aliphatic heterocycles. The number of hydrogen-bond acceptors (Lipinski definition) is 3. The quantitative estimate of drug-likeness (QED) is 0.753. The fourth-order valence-electron chi connectivity index (χ4n) is 2.54. The van der Waals surface area contributed by atoms with E-state index in [1.165, 1.54) is 0 Å². The van der Waals surface area contributed by atoms with Crippen molar-refractivity contribution in [3.05, 3.63) is 53.2 Å². The molecule has 0 fully saturated rings. The van der Waals surface area contributed by atoms with E-state index >= 15 is 0 Å². The number of rotatable bonds is 4. The minimum absolute atomic E-state index is 0.661. The first-order valence-corrected chi connectivity index (χ1v) is 7.54. The molecule has 0 atom stereocenters. The molecular formula is C18H17ClN2O2. The molecular weight excluding hydrogens is 312 g/mol. The highest BCUT2D eigenvalue weighted by Gasteiger charge is 2.16. The highest BCUT2D eigenvalue weighted by Crippen LogP contribution is 2.40. The largest absolute Gasteiger partial charge is 0.493 e. The molecule has 0 spiro atoms. The molecule has 23 heavy (non-hydrogen) atoms. The highest BCUT2D eigenvalue weighted by atomic mass is 35.5. The van der Waals surface area contributed by atoms with E-state index in [0.29, 0.717) is 16.5 Å². The monoisotopic (exact) mass is 328 g/mol. The van der Waals surface area contributed by atoms with E-state index in [4.69, 9.17) is 21.1 Å². The second-order valence-corrected chi connectivity index (χ2v) is 5.64. The van der Waals surface area contributed by atoms with Crippen LogP contribution < -0.4 is 9.47 Å². The minimum Gasteiger partial charge on any atom is -0.493 e. The third-order valence-corrected chi connectivity index (χ3v) is 3.88. The number of benzene rings is 2. The van der Waals surface area contributed by atoms with Crippen molar-refractivity contribution in [2.45, 2.75) is 6.92 Å². The number of hydrogen-bond donors (Lipinski definition) is 1. The van der Waals surface area contributed by atoms with Crippen LogP contribution in [0.2, 0.25) is 5.02 Å². The predicted molar refractivity (Wildman–Crippen MR) is 92.3 cm³/mol. The Morgan fingerprint density at radius 2 is 1.65 bits per heavy atom. The van der Waals surface area contributed by atoms with Crippen molar-refractivity contribution < 1.29 is 9.47 Å². The number of H-pyrrole nitrogens is 1. The van der Waals surface area contributed by atoms with Crippen LogP contribution in [0.1, 0.15) is 5.69 Å². The zero-order chi connectivity index (χ0) is 16.4. The summed E-state index contributed by atoms with van der Waals surface area (Å²) in [7, 11) is 3.24. The Balaban J connectivity index is 2.27. The van der Waals surface area contributed by atoms with Crippen molar-refractivity contribution in [2.24, 2.45) is 0 Å². The Hall–Kier alpha value is -2.46. The Bertz CT molecular complexity index is 843. The van der Waals surface area contributed by atoms with Crippen molar-refractivity contribution in [2.75, 3.05) is 14.2 Å². The molecule has 0 saturated carbocycles. The van der Waals surface area contributed by atoms with Crippen molar-refractivity contribution >= 4 is 11.6 Å². The van der Waals surface area contributed by atoms with Gasteiger partial charge in [0.05, 0.1) is 19.9 Å². The number of aromatic amines is 1. The average Bonchev–Trinajstić information content (AvgIpc) is 3.00. The zero-order valence-corrected chi connectivity index (χ0v) is 13.9. The predicted octanol–water partition coefficient (Wildman–Crippen LogP) is 4.72. The van der Waals surface area contributed by atoms with E-state index < -0.39 is 0 Å². The molecule has 0 aliphatic rings. The Kier molecular flexibility index (Phi) is 4.26. The van der Waals surface area contributed by atoms with E-state index in [-0.39, 0.29) is 0 Å². The van der Waals surface area contributed by atoms with Crippen molar-refractivity contribution in [1.29, 1.82) is 0 Å². The number of ether oxygens (including phenoxy) is 2. The average molecular weight is 329 g/mol. The Morgan fingerprint density at radius 1 is 0.957 bits per heavy atom. The van der Waals surface area contributed by atoms with Crippen LogP contribution in [0.15, 0.2) is 42.5 Å². The van der Waals surface area contributed by atoms with Gasteiger partial charge in [-0.15, -0.1) is 0 Å². The Labute approximate surface area is 140 Å². The van der Waals surface area contributed by atoms with Crippen LogP contribution in [0.5, 0.6) is 11.5 Å². The van der Waals surface area contributed by atoms with Gasteiger partial charge in [-0.2, -0.15) is 5.10 Å². The van der Waals surface area contributed by atoms with Crippen LogP contribution in [0.3, 0.4) is 0 Å². The summed E-state index contributed by atoms with van der Waals surface area (Å²) in [5.74, 6) is 1.33. The van der Waals surface area contributed by atoms with Gasteiger partial charge in [0.1, 0.15) is 0 Å². The maximum atomic E-state index is 6.15. The van der Waals surface area contributed by atoms with Gasteiger partial charge in [0, 0.05) is 16.3 Å². The lowest BCUT2D eigenvalue weighted by molar-refractivity contribution is 0.355. The van der Waals surface area contributed by atoms with Gasteiger partial charge in [-0.1, -0.05) is 23.7 Å². The normalized spacial score (nSPS) is 10.6. The maximum Gasteiger partial charge on any atom is 0.161 e. The summed E-state index contributed by atoms with van der Waals surface area (Å²) < 4.78 is 10.9. The molecule has 2 aromatic carbocycles. The second-order valence-electron chi connectivity index (χ2n) is 5.20. The van der Waals surface area contributed by atoms with Crippen molar-refractivity contribution in [3.63, 3.8) is 0 Å². The van der Waals surface area contributed by atoms with Gasteiger partial charge < -0.3 is 9.47 Å². The number of nitrogens with one attached hydrogen (secondary N) is 1. The van der Waals surface area contributed by atoms with Gasteiger partial charge in [0.25, 0.3) is 0 Å². The van der Waals surface area contributed by atoms with Gasteiger partial charge in [0.15, 0.2) is 11.5 Å². The molecule has 0 amide bonds. The fraction of sp³-hybridized carbons (Fsp3) is 0.167. The summed E-state index contributed by atoms with van der Waals surface area (Å²) in [6, 6.07) is 13.6. The smallest absolute Gasteiger partial charge is 0.161 e. The molecule has 5 heteroatoms. The molecule has 1 heterocycles. The highest BCUT2D eigenvalue weighted by molar-refractivity contribution is 6.30. The van der Waals surface area contributed by atoms with Crippen LogP contribution in [0.4, 0.5) is 0 Å². The van der Waals surface area contributed by atoms with Crippen LogP contribution in [0, 0.1) is 6.92 Å². The number of aryl methyl sites for hydroxylation is 1. The summed E-state index contributed by atoms with van der Waals surface area (Å²) in [6.07, 6.45) is 0. The summed E-state index contributed by atoms with van der Waals surface area (Å²) >= 11 is 6.15. The van der Waals surface area contributed by atoms with Crippen LogP contribution >= 0.6 is 11.6 Å². The molecule has 0 aliphatic carbocycles. The SMILES string of the molecule is COc1cc(-c2cccc(Cl)c2)c(-c2cc(C)[nH]n2)cc1OC. The van der Waals surface area contributed by atoms with Crippen LogP contribution in [0.25, 0.3) is 22.4 Å². The molecule has 0 radical (unpaired) electrons. The maximum absolute atomic E-state index is 6.15. The van der Waals surface area contributed by atoms with Gasteiger partial charge in [-0.05, 0) is 48.4 Å². The molecule has 4 nitrogen and oxygen atoms in total. The van der Waals surface area contributed by atoms with Gasteiger partial charge in [-0.3, -0.25) is 5.10 Å². The molecule has 0 unspecified atom stereocenters. The summed E-state index contributed by atoms with van der Waals surface area (Å²) in [5.41, 5.74) is 4.77. The number of nitrogens with zero attached hydrogens (tertiary/aromatic N) is 1. The molecule has 1 N–H and O–H groups in total. The molecule has 1 aromatic heterocycles. The van der Waals surface area contributed by atoms with Crippen molar-refractivity contribution in [1.82, 2.24) is 10.2 Å². The van der Waals surface area contributed by atoms with Gasteiger partial charge in [-0.25, -0.2) is 0 Å². The standard InChI is InChI=1S/C18H17ClN2O2/c1-11-7-16(21-20-11)15-10-18(23-3)17(22-2)9-14(15)12-5-4-6-13(19)8-12/h4-10H,1-3H3,(H,20,21). The van der Waals surface area contributed by atoms with Gasteiger partial charge >= 0.3 is 0 Å². The van der Waals surface area contributed by atoms with Crippen LogP contribution in [-0.2, 0) is 0 Å². The zero-order valence-electron chi connectivity index (χ0n) is 13.2. The first-order valence-electron chi connectivity index (χ1n) is 7.16. The van der Waals surface area contributed by atoms with E-state index in [2.05, 4.69) is 10.2 Å². The van der Waals surface area contributed by atoms with E-state index in [9.17, 15) is 0 Å². The molecule has 3 aromatic rings. The molecule has 0 bridgehead atoms. The fourth-order valence-corrected chi connectivity index (χ4v) is 2.73. The Morgan fingerprint density at radius 3 is 2.22 bits per heavy atom. The summed E-state index contributed by atoms with van der Waals surface area (Å²) in [6.45, 7) is 1.97. The molecule has 0 saturated heterocycles. The lowest BCUT2D eigenvalue weighted by Gasteiger charge is -2.14. The lowest BCUT2D eigenvalue weighted by atomic mass is 9.96. The third-order valence-electron chi connectivity index (χ3n) is 3.64. The second kappa shape index (κ2) is 6.34. The lowest BCUT2D eigenvalue weighted by Crippen LogP contribution is -1.94. The van der Waals surface area contributed by atoms with E-state index in [1.54, 1.807) is 14.2 Å². The topological polar surface area (TPSA) is 47.1 Å². The molecule has 118 valence electrons. The first kappa shape index (κ1) is 15.4. The van der Waals surface area contributed by atoms with E-state index in [0.717, 1.165) is 28.1 Å². The summed E-state index contributed by atoms with van der Waals surface area (Å²) in [5, 5.41) is 8.03.